The molecule has 1 unspecified atom stereocenters. The molecule has 0 aliphatic rings. The predicted octanol–water partition coefficient (Wildman–Crippen LogP) is 4.35. The molecule has 1 nitrogen and oxygen atoms in total. The average Bonchev–Trinajstić information content (AvgIpc) is 2.34. The largest absolute Gasteiger partial charge is 0.421 e. The molecule has 1 rings (SSSR count). The summed E-state index contributed by atoms with van der Waals surface area (Å²) in [4.78, 5) is 0.918. The minimum atomic E-state index is -4.65. The molecule has 0 radical (unpaired) electrons. The second-order valence-electron chi connectivity index (χ2n) is 4.08. The molecule has 0 bridgehead atoms. The van der Waals surface area contributed by atoms with E-state index in [9.17, 15) is 18.3 Å². The highest BCUT2D eigenvalue weighted by atomic mass is 32.2. The van der Waals surface area contributed by atoms with Crippen molar-refractivity contribution in [2.75, 3.05) is 5.75 Å². The van der Waals surface area contributed by atoms with Crippen LogP contribution in [0.5, 0.6) is 0 Å². The Bertz CT molecular complexity index is 375. The van der Waals surface area contributed by atoms with Crippen LogP contribution in [0.3, 0.4) is 0 Å². The topological polar surface area (TPSA) is 20.2 Å². The quantitative estimate of drug-likeness (QED) is 0.808. The van der Waals surface area contributed by atoms with Crippen molar-refractivity contribution >= 4 is 11.8 Å². The van der Waals surface area contributed by atoms with Crippen molar-refractivity contribution in [3.63, 3.8) is 0 Å². The van der Waals surface area contributed by atoms with Gasteiger partial charge in [0, 0.05) is 4.90 Å². The standard InChI is InChI=1S/C13H17F3OS/c1-3-9-18-11-7-5-10(6-8-11)12(17,4-2)13(14,15)16/h5-8,17H,3-4,9H2,1-2H3. The van der Waals surface area contributed by atoms with Gasteiger partial charge in [-0.1, -0.05) is 26.0 Å². The van der Waals surface area contributed by atoms with E-state index < -0.39 is 18.2 Å². The Balaban J connectivity index is 2.96. The minimum absolute atomic E-state index is 0.0988. The molecule has 1 aromatic rings. The molecule has 0 aromatic heterocycles. The summed E-state index contributed by atoms with van der Waals surface area (Å²) in [7, 11) is 0. The minimum Gasteiger partial charge on any atom is -0.376 e. The lowest BCUT2D eigenvalue weighted by molar-refractivity contribution is -0.267. The number of alkyl halides is 3. The highest BCUT2D eigenvalue weighted by molar-refractivity contribution is 7.99. The summed E-state index contributed by atoms with van der Waals surface area (Å²) in [6.07, 6.45) is -4.04. The zero-order valence-electron chi connectivity index (χ0n) is 10.4. The van der Waals surface area contributed by atoms with Crippen molar-refractivity contribution in [1.82, 2.24) is 0 Å². The van der Waals surface area contributed by atoms with Gasteiger partial charge in [0.05, 0.1) is 0 Å². The van der Waals surface area contributed by atoms with Crippen LogP contribution < -0.4 is 0 Å². The number of thioether (sulfide) groups is 1. The smallest absolute Gasteiger partial charge is 0.376 e. The highest BCUT2D eigenvalue weighted by Crippen LogP contribution is 2.41. The third-order valence-corrected chi connectivity index (χ3v) is 4.00. The normalized spacial score (nSPS) is 15.4. The van der Waals surface area contributed by atoms with E-state index in [1.54, 1.807) is 23.9 Å². The molecule has 18 heavy (non-hydrogen) atoms. The maximum absolute atomic E-state index is 12.8. The van der Waals surface area contributed by atoms with Crippen LogP contribution in [0.1, 0.15) is 32.3 Å². The molecule has 0 aliphatic carbocycles. The average molecular weight is 278 g/mol. The first-order valence-corrected chi connectivity index (χ1v) is 6.86. The number of aliphatic hydroxyl groups is 1. The molecule has 0 aliphatic heterocycles. The van der Waals surface area contributed by atoms with Crippen molar-refractivity contribution in [1.29, 1.82) is 0 Å². The molecule has 0 saturated carbocycles. The molecule has 0 amide bonds. The van der Waals surface area contributed by atoms with Crippen LogP contribution >= 0.6 is 11.8 Å². The van der Waals surface area contributed by atoms with Crippen LogP contribution in [0.4, 0.5) is 13.2 Å². The van der Waals surface area contributed by atoms with Gasteiger partial charge in [-0.25, -0.2) is 0 Å². The van der Waals surface area contributed by atoms with Crippen molar-refractivity contribution in [3.8, 4) is 0 Å². The summed E-state index contributed by atoms with van der Waals surface area (Å²) >= 11 is 1.59. The molecule has 1 N–H and O–H groups in total. The number of halogens is 3. The van der Waals surface area contributed by atoms with Gasteiger partial charge in [-0.3, -0.25) is 0 Å². The van der Waals surface area contributed by atoms with E-state index >= 15 is 0 Å². The van der Waals surface area contributed by atoms with Crippen molar-refractivity contribution in [3.05, 3.63) is 29.8 Å². The monoisotopic (exact) mass is 278 g/mol. The Morgan fingerprint density at radius 2 is 1.67 bits per heavy atom. The number of benzene rings is 1. The van der Waals surface area contributed by atoms with Crippen molar-refractivity contribution in [2.24, 2.45) is 0 Å². The van der Waals surface area contributed by atoms with Gasteiger partial charge >= 0.3 is 6.18 Å². The maximum Gasteiger partial charge on any atom is 0.421 e. The fraction of sp³-hybridized carbons (Fsp3) is 0.538. The van der Waals surface area contributed by atoms with Gasteiger partial charge in [0.15, 0.2) is 5.60 Å². The second-order valence-corrected chi connectivity index (χ2v) is 5.25. The molecule has 0 heterocycles. The van der Waals surface area contributed by atoms with E-state index in [4.69, 9.17) is 0 Å². The number of hydrogen-bond donors (Lipinski definition) is 1. The zero-order valence-corrected chi connectivity index (χ0v) is 11.2. The Morgan fingerprint density at radius 3 is 2.06 bits per heavy atom. The van der Waals surface area contributed by atoms with Crippen LogP contribution in [0.25, 0.3) is 0 Å². The third kappa shape index (κ3) is 3.20. The van der Waals surface area contributed by atoms with Crippen LogP contribution in [-0.2, 0) is 5.60 Å². The maximum atomic E-state index is 12.8. The van der Waals surface area contributed by atoms with E-state index in [0.717, 1.165) is 17.1 Å². The highest BCUT2D eigenvalue weighted by Gasteiger charge is 2.53. The van der Waals surface area contributed by atoms with E-state index in [0.29, 0.717) is 0 Å². The van der Waals surface area contributed by atoms with Crippen LogP contribution in [0, 0.1) is 0 Å². The molecule has 1 aromatic carbocycles. The zero-order chi connectivity index (χ0) is 13.8. The number of rotatable bonds is 5. The summed E-state index contributed by atoms with van der Waals surface area (Å²) in [5.74, 6) is 0.927. The molecule has 1 atom stereocenters. The Labute approximate surface area is 109 Å². The first kappa shape index (κ1) is 15.4. The molecular weight excluding hydrogens is 261 g/mol. The summed E-state index contributed by atoms with van der Waals surface area (Å²) in [5, 5.41) is 9.76. The van der Waals surface area contributed by atoms with E-state index in [2.05, 4.69) is 0 Å². The molecule has 0 fully saturated rings. The molecule has 0 spiro atoms. The third-order valence-electron chi connectivity index (χ3n) is 2.79. The molecule has 5 heteroatoms. The Kier molecular flexibility index (Phi) is 5.10. The first-order chi connectivity index (χ1) is 8.35. The van der Waals surface area contributed by atoms with Crippen LogP contribution in [0.15, 0.2) is 29.2 Å². The van der Waals surface area contributed by atoms with Crippen molar-refractivity contribution in [2.45, 2.75) is 43.4 Å². The summed E-state index contributed by atoms with van der Waals surface area (Å²) in [6, 6.07) is 5.97. The van der Waals surface area contributed by atoms with Gasteiger partial charge in [-0.05, 0) is 36.3 Å². The summed E-state index contributed by atoms with van der Waals surface area (Å²) in [6.45, 7) is 3.37. The van der Waals surface area contributed by atoms with Gasteiger partial charge in [0.2, 0.25) is 0 Å². The van der Waals surface area contributed by atoms with Gasteiger partial charge in [0.25, 0.3) is 0 Å². The Hall–Kier alpha value is -0.680. The second kappa shape index (κ2) is 5.97. The van der Waals surface area contributed by atoms with Crippen LogP contribution in [-0.4, -0.2) is 17.0 Å². The molecule has 0 saturated heterocycles. The van der Waals surface area contributed by atoms with Gasteiger partial charge < -0.3 is 5.11 Å². The van der Waals surface area contributed by atoms with Gasteiger partial charge in [0.1, 0.15) is 0 Å². The SMILES string of the molecule is CCCSc1ccc(C(O)(CC)C(F)(F)F)cc1. The van der Waals surface area contributed by atoms with Crippen LogP contribution in [0.2, 0.25) is 0 Å². The number of hydrogen-bond acceptors (Lipinski definition) is 2. The molecule has 102 valence electrons. The van der Waals surface area contributed by atoms with E-state index in [-0.39, 0.29) is 5.56 Å². The fourth-order valence-corrected chi connectivity index (χ4v) is 2.38. The fourth-order valence-electron chi connectivity index (χ4n) is 1.62. The molecular formula is C13H17F3OS. The Morgan fingerprint density at radius 1 is 1.11 bits per heavy atom. The summed E-state index contributed by atoms with van der Waals surface area (Å²) in [5.41, 5.74) is -2.85. The van der Waals surface area contributed by atoms with Gasteiger partial charge in [-0.2, -0.15) is 13.2 Å². The lowest BCUT2D eigenvalue weighted by Gasteiger charge is -2.29. The van der Waals surface area contributed by atoms with Crippen molar-refractivity contribution < 1.29 is 18.3 Å². The summed E-state index contributed by atoms with van der Waals surface area (Å²) < 4.78 is 38.5. The van der Waals surface area contributed by atoms with Gasteiger partial charge in [-0.15, -0.1) is 11.8 Å². The first-order valence-electron chi connectivity index (χ1n) is 5.87. The van der Waals surface area contributed by atoms with E-state index in [1.165, 1.54) is 19.1 Å². The lowest BCUT2D eigenvalue weighted by Crippen LogP contribution is -2.41. The lowest BCUT2D eigenvalue weighted by atomic mass is 9.90. The van der Waals surface area contributed by atoms with E-state index in [1.807, 2.05) is 6.92 Å². The predicted molar refractivity (Wildman–Crippen MR) is 67.7 cm³/mol.